The average molecular weight is 223 g/mol. The molecule has 0 spiro atoms. The zero-order valence-corrected chi connectivity index (χ0v) is 9.62. The highest BCUT2D eigenvalue weighted by atomic mass is 19.1. The summed E-state index contributed by atoms with van der Waals surface area (Å²) in [4.78, 5) is 7.40. The lowest BCUT2D eigenvalue weighted by molar-refractivity contribution is 0.300. The Bertz CT molecular complexity index is 335. The number of nitrogens with zero attached hydrogens (tertiary/aromatic N) is 2. The molecular formula is C12H18FN3. The predicted octanol–water partition coefficient (Wildman–Crippen LogP) is 2.85. The van der Waals surface area contributed by atoms with Crippen LogP contribution in [-0.4, -0.2) is 16.5 Å². The van der Waals surface area contributed by atoms with Crippen molar-refractivity contribution < 1.29 is 4.39 Å². The molecule has 1 saturated carbocycles. The van der Waals surface area contributed by atoms with Gasteiger partial charge in [0, 0.05) is 12.6 Å². The molecule has 1 aliphatic rings. The maximum absolute atomic E-state index is 12.8. The number of nitrogens with one attached hydrogen (secondary N) is 1. The third-order valence-electron chi connectivity index (χ3n) is 3.34. The Morgan fingerprint density at radius 3 is 2.75 bits per heavy atom. The van der Waals surface area contributed by atoms with Crippen molar-refractivity contribution in [2.24, 2.45) is 11.8 Å². The van der Waals surface area contributed by atoms with Crippen LogP contribution in [0.3, 0.4) is 0 Å². The SMILES string of the molecule is CC1CCC(CNc2cc(F)ncn2)CC1. The number of aromatic nitrogens is 2. The van der Waals surface area contributed by atoms with E-state index in [1.807, 2.05) is 0 Å². The summed E-state index contributed by atoms with van der Waals surface area (Å²) in [5.74, 6) is 1.68. The fourth-order valence-electron chi connectivity index (χ4n) is 2.21. The molecule has 0 aromatic carbocycles. The topological polar surface area (TPSA) is 37.8 Å². The third-order valence-corrected chi connectivity index (χ3v) is 3.34. The molecule has 16 heavy (non-hydrogen) atoms. The lowest BCUT2D eigenvalue weighted by Crippen LogP contribution is -2.20. The van der Waals surface area contributed by atoms with Gasteiger partial charge in [-0.25, -0.2) is 9.97 Å². The fraction of sp³-hybridized carbons (Fsp3) is 0.667. The van der Waals surface area contributed by atoms with E-state index >= 15 is 0 Å². The second kappa shape index (κ2) is 5.23. The van der Waals surface area contributed by atoms with Crippen molar-refractivity contribution in [2.75, 3.05) is 11.9 Å². The first kappa shape index (κ1) is 11.3. The van der Waals surface area contributed by atoms with Crippen LogP contribution in [-0.2, 0) is 0 Å². The maximum atomic E-state index is 12.8. The van der Waals surface area contributed by atoms with Crippen molar-refractivity contribution in [3.8, 4) is 0 Å². The quantitative estimate of drug-likeness (QED) is 0.801. The van der Waals surface area contributed by atoms with Gasteiger partial charge in [-0.15, -0.1) is 0 Å². The van der Waals surface area contributed by atoms with Gasteiger partial charge in [-0.1, -0.05) is 19.8 Å². The number of rotatable bonds is 3. The van der Waals surface area contributed by atoms with Gasteiger partial charge in [-0.2, -0.15) is 4.39 Å². The highest BCUT2D eigenvalue weighted by Crippen LogP contribution is 2.28. The van der Waals surface area contributed by atoms with E-state index in [0.29, 0.717) is 11.7 Å². The number of halogens is 1. The molecule has 88 valence electrons. The maximum Gasteiger partial charge on any atom is 0.217 e. The molecular weight excluding hydrogens is 205 g/mol. The van der Waals surface area contributed by atoms with Gasteiger partial charge in [0.1, 0.15) is 12.1 Å². The molecule has 1 aromatic rings. The number of hydrogen-bond donors (Lipinski definition) is 1. The zero-order valence-electron chi connectivity index (χ0n) is 9.62. The van der Waals surface area contributed by atoms with Gasteiger partial charge in [-0.3, -0.25) is 0 Å². The standard InChI is InChI=1S/C12H18FN3/c1-9-2-4-10(5-3-9)7-14-12-6-11(13)15-8-16-12/h6,8-10H,2-5,7H2,1H3,(H,14,15,16). The first-order valence-corrected chi connectivity index (χ1v) is 5.95. The van der Waals surface area contributed by atoms with Crippen molar-refractivity contribution in [1.82, 2.24) is 9.97 Å². The molecule has 3 nitrogen and oxygen atoms in total. The van der Waals surface area contributed by atoms with Crippen molar-refractivity contribution in [3.05, 3.63) is 18.3 Å². The van der Waals surface area contributed by atoms with Crippen LogP contribution in [0.25, 0.3) is 0 Å². The number of hydrogen-bond acceptors (Lipinski definition) is 3. The number of anilines is 1. The van der Waals surface area contributed by atoms with Gasteiger partial charge in [0.2, 0.25) is 5.95 Å². The van der Waals surface area contributed by atoms with Gasteiger partial charge in [0.15, 0.2) is 0 Å². The predicted molar refractivity (Wildman–Crippen MR) is 61.6 cm³/mol. The van der Waals surface area contributed by atoms with E-state index < -0.39 is 5.95 Å². The fourth-order valence-corrected chi connectivity index (χ4v) is 2.21. The molecule has 0 atom stereocenters. The Morgan fingerprint density at radius 2 is 2.06 bits per heavy atom. The smallest absolute Gasteiger partial charge is 0.217 e. The zero-order chi connectivity index (χ0) is 11.4. The minimum Gasteiger partial charge on any atom is -0.370 e. The van der Waals surface area contributed by atoms with Crippen molar-refractivity contribution in [2.45, 2.75) is 32.6 Å². The van der Waals surface area contributed by atoms with Crippen LogP contribution < -0.4 is 5.32 Å². The minimum absolute atomic E-state index is 0.477. The molecule has 0 saturated heterocycles. The van der Waals surface area contributed by atoms with Crippen LogP contribution in [0.1, 0.15) is 32.6 Å². The molecule has 1 aliphatic carbocycles. The normalized spacial score (nSPS) is 25.4. The molecule has 1 N–H and O–H groups in total. The molecule has 1 fully saturated rings. The van der Waals surface area contributed by atoms with E-state index in [1.54, 1.807) is 0 Å². The lowest BCUT2D eigenvalue weighted by Gasteiger charge is -2.26. The van der Waals surface area contributed by atoms with Gasteiger partial charge in [0.05, 0.1) is 0 Å². The summed E-state index contributed by atoms with van der Waals surface area (Å²) >= 11 is 0. The Morgan fingerprint density at radius 1 is 1.31 bits per heavy atom. The first-order valence-electron chi connectivity index (χ1n) is 5.95. The van der Waals surface area contributed by atoms with E-state index in [1.165, 1.54) is 38.1 Å². The van der Waals surface area contributed by atoms with E-state index in [4.69, 9.17) is 0 Å². The molecule has 1 heterocycles. The van der Waals surface area contributed by atoms with Crippen LogP contribution in [0.5, 0.6) is 0 Å². The average Bonchev–Trinajstić information content (AvgIpc) is 2.28. The molecule has 0 radical (unpaired) electrons. The van der Waals surface area contributed by atoms with Crippen molar-refractivity contribution >= 4 is 5.82 Å². The summed E-state index contributed by atoms with van der Waals surface area (Å²) in [6.07, 6.45) is 6.40. The highest BCUT2D eigenvalue weighted by Gasteiger charge is 2.17. The summed E-state index contributed by atoms with van der Waals surface area (Å²) in [6.45, 7) is 3.20. The summed E-state index contributed by atoms with van der Waals surface area (Å²) in [5, 5.41) is 3.18. The van der Waals surface area contributed by atoms with Crippen molar-refractivity contribution in [3.63, 3.8) is 0 Å². The first-order chi connectivity index (χ1) is 7.74. The lowest BCUT2D eigenvalue weighted by atomic mass is 9.83. The summed E-state index contributed by atoms with van der Waals surface area (Å²) in [6, 6.07) is 1.34. The monoisotopic (exact) mass is 223 g/mol. The molecule has 1 aromatic heterocycles. The largest absolute Gasteiger partial charge is 0.370 e. The van der Waals surface area contributed by atoms with Crippen LogP contribution >= 0.6 is 0 Å². The highest BCUT2D eigenvalue weighted by molar-refractivity contribution is 5.31. The van der Waals surface area contributed by atoms with Crippen LogP contribution in [0.2, 0.25) is 0 Å². The third kappa shape index (κ3) is 3.15. The molecule has 0 bridgehead atoms. The van der Waals surface area contributed by atoms with Gasteiger partial charge >= 0.3 is 0 Å². The Kier molecular flexibility index (Phi) is 3.70. The van der Waals surface area contributed by atoms with Crippen LogP contribution in [0, 0.1) is 17.8 Å². The van der Waals surface area contributed by atoms with E-state index in [9.17, 15) is 4.39 Å². The Balaban J connectivity index is 1.79. The Hall–Kier alpha value is -1.19. The second-order valence-corrected chi connectivity index (χ2v) is 4.73. The second-order valence-electron chi connectivity index (χ2n) is 4.73. The molecule has 0 amide bonds. The van der Waals surface area contributed by atoms with E-state index in [2.05, 4.69) is 22.2 Å². The van der Waals surface area contributed by atoms with Gasteiger partial charge in [-0.05, 0) is 24.7 Å². The molecule has 4 heteroatoms. The van der Waals surface area contributed by atoms with Crippen LogP contribution in [0.15, 0.2) is 12.4 Å². The molecule has 0 aliphatic heterocycles. The van der Waals surface area contributed by atoms with Crippen molar-refractivity contribution in [1.29, 1.82) is 0 Å². The van der Waals surface area contributed by atoms with Gasteiger partial charge < -0.3 is 5.32 Å². The minimum atomic E-state index is -0.477. The molecule has 2 rings (SSSR count). The molecule has 0 unspecified atom stereocenters. The summed E-state index contributed by atoms with van der Waals surface area (Å²) in [7, 11) is 0. The van der Waals surface area contributed by atoms with E-state index in [0.717, 1.165) is 12.5 Å². The van der Waals surface area contributed by atoms with Crippen LogP contribution in [0.4, 0.5) is 10.2 Å². The van der Waals surface area contributed by atoms with Gasteiger partial charge in [0.25, 0.3) is 0 Å². The Labute approximate surface area is 95.5 Å². The summed E-state index contributed by atoms with van der Waals surface area (Å²) < 4.78 is 12.8. The van der Waals surface area contributed by atoms with E-state index in [-0.39, 0.29) is 0 Å². The summed E-state index contributed by atoms with van der Waals surface area (Å²) in [5.41, 5.74) is 0.